The van der Waals surface area contributed by atoms with Gasteiger partial charge in [-0.05, 0) is 39.7 Å². The van der Waals surface area contributed by atoms with Crippen LogP contribution in [0.15, 0.2) is 72.8 Å². The minimum Gasteiger partial charge on any atom is -0.507 e. The molecule has 3 nitrogen and oxygen atoms in total. The fourth-order valence-electron chi connectivity index (χ4n) is 4.05. The first-order valence-corrected chi connectivity index (χ1v) is 11.3. The highest BCUT2D eigenvalue weighted by atomic mass is 16.5. The summed E-state index contributed by atoms with van der Waals surface area (Å²) in [6.45, 7) is 12.4. The fraction of sp³-hybridized carbons (Fsp3) is 0.300. The Balaban J connectivity index is 2.51. The third-order valence-corrected chi connectivity index (χ3v) is 5.78. The smallest absolute Gasteiger partial charge is 0.339 e. The fourth-order valence-corrected chi connectivity index (χ4v) is 4.05. The maximum absolute atomic E-state index is 13.4. The van der Waals surface area contributed by atoms with Gasteiger partial charge in [0.15, 0.2) is 0 Å². The Morgan fingerprint density at radius 2 is 1.09 bits per heavy atom. The largest absolute Gasteiger partial charge is 0.507 e. The summed E-state index contributed by atoms with van der Waals surface area (Å²) in [6.07, 6.45) is 0. The van der Waals surface area contributed by atoms with Crippen LogP contribution >= 0.6 is 0 Å². The molecule has 3 heteroatoms. The number of phenolic OH excluding ortho intramolecular Hbond substituents is 1. The van der Waals surface area contributed by atoms with Crippen molar-refractivity contribution in [2.75, 3.05) is 7.11 Å². The summed E-state index contributed by atoms with van der Waals surface area (Å²) >= 11 is 0. The Kier molecular flexibility index (Phi) is 6.83. The van der Waals surface area contributed by atoms with Gasteiger partial charge in [-0.25, -0.2) is 4.79 Å². The van der Waals surface area contributed by atoms with Gasteiger partial charge in [-0.1, -0.05) is 102 Å². The van der Waals surface area contributed by atoms with Crippen LogP contribution in [0.4, 0.5) is 0 Å². The molecule has 172 valence electrons. The molecule has 0 aliphatic carbocycles. The molecule has 0 aliphatic heterocycles. The number of phenols is 1. The highest BCUT2D eigenvalue weighted by Crippen LogP contribution is 2.43. The van der Waals surface area contributed by atoms with Crippen molar-refractivity contribution in [1.82, 2.24) is 0 Å². The lowest BCUT2D eigenvalue weighted by molar-refractivity contribution is -0.133. The minimum atomic E-state index is -0.414. The monoisotopic (exact) mass is 442 g/mol. The van der Waals surface area contributed by atoms with Crippen molar-refractivity contribution in [3.63, 3.8) is 0 Å². The number of benzene rings is 3. The van der Waals surface area contributed by atoms with Crippen molar-refractivity contribution in [3.8, 4) is 5.75 Å². The molecule has 0 aromatic heterocycles. The van der Waals surface area contributed by atoms with Crippen molar-refractivity contribution in [1.29, 1.82) is 0 Å². The molecule has 0 atom stereocenters. The predicted molar refractivity (Wildman–Crippen MR) is 136 cm³/mol. The molecular weight excluding hydrogens is 408 g/mol. The van der Waals surface area contributed by atoms with E-state index in [4.69, 9.17) is 4.74 Å². The molecule has 0 bridgehead atoms. The van der Waals surface area contributed by atoms with Crippen molar-refractivity contribution < 1.29 is 14.6 Å². The number of esters is 1. The molecule has 0 fully saturated rings. The molecule has 0 amide bonds. The molecular formula is C30H34O3. The molecule has 33 heavy (non-hydrogen) atoms. The van der Waals surface area contributed by atoms with Crippen molar-refractivity contribution >= 4 is 17.1 Å². The van der Waals surface area contributed by atoms with E-state index < -0.39 is 5.97 Å². The molecule has 1 N–H and O–H groups in total. The molecule has 3 aromatic carbocycles. The SMILES string of the molecule is COC(=O)C(=C(c1ccccc1)c1ccccc1)c1cc(C(C)(C)C)c(O)c(C(C)(C)C)c1. The van der Waals surface area contributed by atoms with Gasteiger partial charge in [0, 0.05) is 16.7 Å². The zero-order chi connectivity index (χ0) is 24.4. The molecule has 0 saturated heterocycles. The number of hydrogen-bond donors (Lipinski definition) is 1. The number of ether oxygens (including phenoxy) is 1. The van der Waals surface area contributed by atoms with Crippen LogP contribution in [0.3, 0.4) is 0 Å². The maximum Gasteiger partial charge on any atom is 0.339 e. The van der Waals surface area contributed by atoms with Crippen LogP contribution in [-0.4, -0.2) is 18.2 Å². The predicted octanol–water partition coefficient (Wildman–Crippen LogP) is 7.12. The normalized spacial score (nSPS) is 11.7. The molecule has 0 heterocycles. The summed E-state index contributed by atoms with van der Waals surface area (Å²) in [6, 6.07) is 23.6. The number of carbonyl (C=O) groups is 1. The summed E-state index contributed by atoms with van der Waals surface area (Å²) in [4.78, 5) is 13.4. The summed E-state index contributed by atoms with van der Waals surface area (Å²) in [5.74, 6) is -0.132. The topological polar surface area (TPSA) is 46.5 Å². The van der Waals surface area contributed by atoms with Crippen LogP contribution in [0.25, 0.3) is 11.1 Å². The van der Waals surface area contributed by atoms with Crippen LogP contribution < -0.4 is 0 Å². The van der Waals surface area contributed by atoms with Crippen LogP contribution in [0.1, 0.15) is 69.4 Å². The molecule has 0 unspecified atom stereocenters. The average molecular weight is 443 g/mol. The molecule has 3 aromatic rings. The Labute approximate surface area is 197 Å². The van der Waals surface area contributed by atoms with Crippen molar-refractivity contribution in [2.45, 2.75) is 52.4 Å². The van der Waals surface area contributed by atoms with Crippen molar-refractivity contribution in [3.05, 3.63) is 101 Å². The molecule has 0 radical (unpaired) electrons. The van der Waals surface area contributed by atoms with E-state index in [-0.39, 0.29) is 16.6 Å². The molecule has 0 saturated carbocycles. The van der Waals surface area contributed by atoms with E-state index >= 15 is 0 Å². The first-order valence-electron chi connectivity index (χ1n) is 11.3. The van der Waals surface area contributed by atoms with E-state index in [2.05, 4.69) is 41.5 Å². The highest BCUT2D eigenvalue weighted by Gasteiger charge is 2.30. The number of carbonyl (C=O) groups excluding carboxylic acids is 1. The lowest BCUT2D eigenvalue weighted by Crippen LogP contribution is -2.19. The Morgan fingerprint density at radius 1 is 0.697 bits per heavy atom. The average Bonchev–Trinajstić information content (AvgIpc) is 2.77. The van der Waals surface area contributed by atoms with Gasteiger partial charge >= 0.3 is 5.97 Å². The third kappa shape index (κ3) is 5.19. The Hall–Kier alpha value is -3.33. The van der Waals surface area contributed by atoms with Gasteiger partial charge in [-0.15, -0.1) is 0 Å². The highest BCUT2D eigenvalue weighted by molar-refractivity contribution is 6.26. The van der Waals surface area contributed by atoms with Gasteiger partial charge in [-0.3, -0.25) is 0 Å². The Morgan fingerprint density at radius 3 is 1.42 bits per heavy atom. The van der Waals surface area contributed by atoms with E-state index in [0.29, 0.717) is 5.57 Å². The summed E-state index contributed by atoms with van der Waals surface area (Å²) in [5.41, 5.74) is 4.82. The zero-order valence-electron chi connectivity index (χ0n) is 20.7. The number of hydrogen-bond acceptors (Lipinski definition) is 3. The van der Waals surface area contributed by atoms with E-state index in [0.717, 1.165) is 33.4 Å². The van der Waals surface area contributed by atoms with E-state index in [1.54, 1.807) is 0 Å². The molecule has 0 spiro atoms. The van der Waals surface area contributed by atoms with Crippen LogP contribution in [0.5, 0.6) is 5.75 Å². The van der Waals surface area contributed by atoms with Crippen LogP contribution in [0.2, 0.25) is 0 Å². The summed E-state index contributed by atoms with van der Waals surface area (Å²) in [5, 5.41) is 11.2. The van der Waals surface area contributed by atoms with Crippen LogP contribution in [0, 0.1) is 0 Å². The van der Waals surface area contributed by atoms with E-state index in [1.807, 2.05) is 72.8 Å². The quantitative estimate of drug-likeness (QED) is 0.266. The summed E-state index contributed by atoms with van der Waals surface area (Å²) in [7, 11) is 1.41. The molecule has 3 rings (SSSR count). The van der Waals surface area contributed by atoms with E-state index in [1.165, 1.54) is 7.11 Å². The first-order chi connectivity index (χ1) is 15.4. The van der Waals surface area contributed by atoms with E-state index in [9.17, 15) is 9.90 Å². The van der Waals surface area contributed by atoms with Gasteiger partial charge in [-0.2, -0.15) is 0 Å². The lowest BCUT2D eigenvalue weighted by Gasteiger charge is -2.29. The second-order valence-corrected chi connectivity index (χ2v) is 10.4. The number of rotatable bonds is 4. The second kappa shape index (κ2) is 9.27. The third-order valence-electron chi connectivity index (χ3n) is 5.78. The lowest BCUT2D eigenvalue weighted by atomic mass is 9.77. The minimum absolute atomic E-state index is 0.281. The van der Waals surface area contributed by atoms with Gasteiger partial charge < -0.3 is 9.84 Å². The maximum atomic E-state index is 13.4. The van der Waals surface area contributed by atoms with Gasteiger partial charge in [0.2, 0.25) is 0 Å². The standard InChI is InChI=1S/C30H34O3/c1-29(2,3)23-18-22(19-24(27(23)31)30(4,5)6)26(28(32)33-7)25(20-14-10-8-11-15-20)21-16-12-9-13-17-21/h8-19,31H,1-7H3. The van der Waals surface area contributed by atoms with Crippen LogP contribution in [-0.2, 0) is 20.4 Å². The first kappa shape index (κ1) is 24.3. The number of aromatic hydroxyl groups is 1. The van der Waals surface area contributed by atoms with Crippen molar-refractivity contribution in [2.24, 2.45) is 0 Å². The zero-order valence-corrected chi connectivity index (χ0v) is 20.7. The van der Waals surface area contributed by atoms with Gasteiger partial charge in [0.25, 0.3) is 0 Å². The number of methoxy groups -OCH3 is 1. The second-order valence-electron chi connectivity index (χ2n) is 10.4. The Bertz CT molecular complexity index is 1080. The molecule has 0 aliphatic rings. The summed E-state index contributed by atoms with van der Waals surface area (Å²) < 4.78 is 5.31. The van der Waals surface area contributed by atoms with Gasteiger partial charge in [0.05, 0.1) is 12.7 Å². The van der Waals surface area contributed by atoms with Gasteiger partial charge in [0.1, 0.15) is 5.75 Å².